The molecule has 3 N–H and O–H groups in total. The maximum absolute atomic E-state index is 12.7. The van der Waals surface area contributed by atoms with Crippen LogP contribution in [0.15, 0.2) is 65.8 Å². The van der Waals surface area contributed by atoms with Crippen molar-refractivity contribution < 1.29 is 9.59 Å². The number of carbonyl (C=O) groups excluding carboxylic acids is 2. The van der Waals surface area contributed by atoms with E-state index in [1.165, 1.54) is 10.9 Å². The zero-order chi connectivity index (χ0) is 22.7. The molecule has 2 aromatic carbocycles. The zero-order valence-corrected chi connectivity index (χ0v) is 18.0. The molecule has 0 aliphatic rings. The van der Waals surface area contributed by atoms with Crippen molar-refractivity contribution in [2.24, 2.45) is 0 Å². The molecule has 0 aliphatic heterocycles. The number of nitrogens with zero attached hydrogens (tertiary/aromatic N) is 2. The van der Waals surface area contributed by atoms with Crippen LogP contribution in [0.1, 0.15) is 25.5 Å². The van der Waals surface area contributed by atoms with Crippen LogP contribution in [0.5, 0.6) is 0 Å². The molecule has 8 nitrogen and oxygen atoms in total. The Morgan fingerprint density at radius 2 is 1.75 bits per heavy atom. The van der Waals surface area contributed by atoms with E-state index in [4.69, 9.17) is 0 Å². The van der Waals surface area contributed by atoms with Gasteiger partial charge in [-0.15, -0.1) is 0 Å². The molecule has 0 spiro atoms. The fraction of sp³-hybridized carbons (Fsp3) is 0.250. The standard InChI is InChI=1S/C24H25N5O3/c1-15(22(30)25-12-11-17-13-26-20-9-5-3-7-18(17)20)28-23(31)16(2)29-14-27-21-10-6-4-8-19(21)24(29)32/h3-10,13-16,26H,11-12H2,1-2H3,(H,25,30)(H,28,31)/t15-,16?/m0/s1. The van der Waals surface area contributed by atoms with Gasteiger partial charge in [0, 0.05) is 23.6 Å². The Hall–Kier alpha value is -3.94. The smallest absolute Gasteiger partial charge is 0.261 e. The molecule has 0 aliphatic carbocycles. The molecular formula is C24H25N5O3. The number of amides is 2. The van der Waals surface area contributed by atoms with Gasteiger partial charge in [0.1, 0.15) is 12.1 Å². The number of hydrogen-bond donors (Lipinski definition) is 3. The van der Waals surface area contributed by atoms with Crippen molar-refractivity contribution >= 4 is 33.6 Å². The highest BCUT2D eigenvalue weighted by Gasteiger charge is 2.22. The third-order valence-electron chi connectivity index (χ3n) is 5.61. The summed E-state index contributed by atoms with van der Waals surface area (Å²) in [6.07, 6.45) is 3.98. The third-order valence-corrected chi connectivity index (χ3v) is 5.61. The summed E-state index contributed by atoms with van der Waals surface area (Å²) in [4.78, 5) is 45.3. The number of aromatic nitrogens is 3. The lowest BCUT2D eigenvalue weighted by molar-refractivity contribution is -0.130. The van der Waals surface area contributed by atoms with Crippen LogP contribution in [0.3, 0.4) is 0 Å². The van der Waals surface area contributed by atoms with Crippen LogP contribution in [-0.2, 0) is 16.0 Å². The summed E-state index contributed by atoms with van der Waals surface area (Å²) in [5.41, 5.74) is 2.45. The van der Waals surface area contributed by atoms with Gasteiger partial charge in [0.05, 0.1) is 17.2 Å². The van der Waals surface area contributed by atoms with Crippen molar-refractivity contribution in [2.75, 3.05) is 6.54 Å². The monoisotopic (exact) mass is 431 g/mol. The van der Waals surface area contributed by atoms with E-state index in [1.807, 2.05) is 30.5 Å². The number of H-pyrrole nitrogens is 1. The van der Waals surface area contributed by atoms with Gasteiger partial charge in [-0.05, 0) is 44.0 Å². The normalized spacial score (nSPS) is 13.1. The average Bonchev–Trinajstić information content (AvgIpc) is 3.22. The largest absolute Gasteiger partial charge is 0.361 e. The SMILES string of the molecule is CC(C(=O)N[C@@H](C)C(=O)NCCc1c[nH]c2ccccc12)n1cnc2ccccc2c1=O. The lowest BCUT2D eigenvalue weighted by atomic mass is 10.1. The Labute approximate surface area is 184 Å². The molecule has 0 saturated heterocycles. The van der Waals surface area contributed by atoms with E-state index in [-0.39, 0.29) is 11.5 Å². The van der Waals surface area contributed by atoms with Crippen molar-refractivity contribution in [1.82, 2.24) is 25.2 Å². The van der Waals surface area contributed by atoms with Crippen LogP contribution in [0.2, 0.25) is 0 Å². The van der Waals surface area contributed by atoms with E-state index in [2.05, 4.69) is 20.6 Å². The predicted octanol–water partition coefficient (Wildman–Crippen LogP) is 2.30. The van der Waals surface area contributed by atoms with Crippen LogP contribution in [0, 0.1) is 0 Å². The van der Waals surface area contributed by atoms with Gasteiger partial charge in [0.15, 0.2) is 0 Å². The summed E-state index contributed by atoms with van der Waals surface area (Å²) in [6, 6.07) is 13.4. The minimum atomic E-state index is -0.805. The first kappa shape index (κ1) is 21.3. The van der Waals surface area contributed by atoms with Gasteiger partial charge in [-0.3, -0.25) is 19.0 Å². The topological polar surface area (TPSA) is 109 Å². The van der Waals surface area contributed by atoms with Crippen molar-refractivity contribution in [3.05, 3.63) is 77.0 Å². The molecule has 0 fully saturated rings. The highest BCUT2D eigenvalue weighted by atomic mass is 16.2. The van der Waals surface area contributed by atoms with E-state index in [1.54, 1.807) is 38.1 Å². The summed E-state index contributed by atoms with van der Waals surface area (Å²) in [5.74, 6) is -0.710. The minimum Gasteiger partial charge on any atom is -0.361 e. The predicted molar refractivity (Wildman–Crippen MR) is 123 cm³/mol. The number of hydrogen-bond acceptors (Lipinski definition) is 4. The molecule has 4 aromatic rings. The Morgan fingerprint density at radius 1 is 1.03 bits per heavy atom. The molecule has 2 amide bonds. The second-order valence-electron chi connectivity index (χ2n) is 7.78. The van der Waals surface area contributed by atoms with Crippen LogP contribution in [-0.4, -0.2) is 38.9 Å². The summed E-state index contributed by atoms with van der Waals surface area (Å²) >= 11 is 0. The second kappa shape index (κ2) is 9.05. The van der Waals surface area contributed by atoms with E-state index >= 15 is 0 Å². The van der Waals surface area contributed by atoms with Crippen LogP contribution in [0.25, 0.3) is 21.8 Å². The highest BCUT2D eigenvalue weighted by molar-refractivity contribution is 5.89. The lowest BCUT2D eigenvalue weighted by Gasteiger charge is -2.19. The number of carbonyl (C=O) groups is 2. The lowest BCUT2D eigenvalue weighted by Crippen LogP contribution is -2.47. The molecule has 1 unspecified atom stereocenters. The number of benzene rings is 2. The molecule has 2 heterocycles. The van der Waals surface area contributed by atoms with Crippen LogP contribution < -0.4 is 16.2 Å². The van der Waals surface area contributed by atoms with Crippen molar-refractivity contribution in [3.8, 4) is 0 Å². The van der Waals surface area contributed by atoms with E-state index in [0.29, 0.717) is 23.9 Å². The molecular weight excluding hydrogens is 406 g/mol. The van der Waals surface area contributed by atoms with Crippen LogP contribution >= 0.6 is 0 Å². The highest BCUT2D eigenvalue weighted by Crippen LogP contribution is 2.17. The first-order chi connectivity index (χ1) is 15.5. The van der Waals surface area contributed by atoms with Gasteiger partial charge in [0.2, 0.25) is 11.8 Å². The Kier molecular flexibility index (Phi) is 6.02. The molecule has 164 valence electrons. The molecule has 0 bridgehead atoms. The number of nitrogens with one attached hydrogen (secondary N) is 3. The molecule has 2 aromatic heterocycles. The maximum atomic E-state index is 12.7. The zero-order valence-electron chi connectivity index (χ0n) is 18.0. The maximum Gasteiger partial charge on any atom is 0.261 e. The Morgan fingerprint density at radius 3 is 2.56 bits per heavy atom. The third kappa shape index (κ3) is 4.25. The summed E-state index contributed by atoms with van der Waals surface area (Å²) in [5, 5.41) is 7.11. The number of aromatic amines is 1. The van der Waals surface area contributed by atoms with E-state index in [0.717, 1.165) is 16.5 Å². The number of rotatable bonds is 7. The van der Waals surface area contributed by atoms with Gasteiger partial charge in [0.25, 0.3) is 5.56 Å². The van der Waals surface area contributed by atoms with Crippen molar-refractivity contribution in [3.63, 3.8) is 0 Å². The van der Waals surface area contributed by atoms with Crippen molar-refractivity contribution in [2.45, 2.75) is 32.4 Å². The van der Waals surface area contributed by atoms with E-state index in [9.17, 15) is 14.4 Å². The summed E-state index contributed by atoms with van der Waals surface area (Å²) in [7, 11) is 0. The average molecular weight is 431 g/mol. The second-order valence-corrected chi connectivity index (χ2v) is 7.78. The summed E-state index contributed by atoms with van der Waals surface area (Å²) < 4.78 is 1.28. The molecule has 0 radical (unpaired) electrons. The van der Waals surface area contributed by atoms with Gasteiger partial charge in [-0.2, -0.15) is 0 Å². The number of fused-ring (bicyclic) bond motifs is 2. The molecule has 0 saturated carbocycles. The van der Waals surface area contributed by atoms with Gasteiger partial charge in [-0.1, -0.05) is 30.3 Å². The van der Waals surface area contributed by atoms with Gasteiger partial charge >= 0.3 is 0 Å². The molecule has 8 heteroatoms. The minimum absolute atomic E-state index is 0.283. The fourth-order valence-electron chi connectivity index (χ4n) is 3.70. The quantitative estimate of drug-likeness (QED) is 0.417. The Balaban J connectivity index is 1.34. The first-order valence-corrected chi connectivity index (χ1v) is 10.5. The Bertz CT molecular complexity index is 1340. The van der Waals surface area contributed by atoms with Gasteiger partial charge in [-0.25, -0.2) is 4.98 Å². The molecule has 2 atom stereocenters. The first-order valence-electron chi connectivity index (χ1n) is 10.5. The molecule has 32 heavy (non-hydrogen) atoms. The van der Waals surface area contributed by atoms with Crippen LogP contribution in [0.4, 0.5) is 0 Å². The molecule has 4 rings (SSSR count). The summed E-state index contributed by atoms with van der Waals surface area (Å²) in [6.45, 7) is 3.67. The van der Waals surface area contributed by atoms with E-state index < -0.39 is 18.0 Å². The number of para-hydroxylation sites is 2. The van der Waals surface area contributed by atoms with Gasteiger partial charge < -0.3 is 15.6 Å². The fourth-order valence-corrected chi connectivity index (χ4v) is 3.70. The van der Waals surface area contributed by atoms with Crippen molar-refractivity contribution in [1.29, 1.82) is 0 Å².